The number of imidazole rings is 1. The van der Waals surface area contributed by atoms with Crippen LogP contribution in [0.4, 0.5) is 5.82 Å². The number of anilines is 1. The van der Waals surface area contributed by atoms with Gasteiger partial charge in [-0.05, 0) is 34.5 Å². The van der Waals surface area contributed by atoms with Crippen molar-refractivity contribution in [2.75, 3.05) is 12.3 Å². The Morgan fingerprint density at radius 1 is 1.00 bits per heavy atom. The second-order valence-corrected chi connectivity index (χ2v) is 20.9. The molecule has 3 N–H and O–H groups in total. The molecule has 1 aliphatic heterocycles. The summed E-state index contributed by atoms with van der Waals surface area (Å²) in [6.45, 7) is 18.4. The van der Waals surface area contributed by atoms with Gasteiger partial charge in [-0.25, -0.2) is 15.0 Å². The summed E-state index contributed by atoms with van der Waals surface area (Å²) in [4.78, 5) is 13.0. The Bertz CT molecular complexity index is 1090. The van der Waals surface area contributed by atoms with Gasteiger partial charge in [-0.2, -0.15) is 0 Å². The van der Waals surface area contributed by atoms with Crippen molar-refractivity contribution in [1.82, 2.24) is 19.5 Å². The summed E-state index contributed by atoms with van der Waals surface area (Å²) < 4.78 is 23.5. The topological polar surface area (TPSA) is 118 Å². The molecule has 2 aromatic rings. The Hall–Kier alpha value is -1.38. The average Bonchev–Trinajstić information content (AvgIpc) is 3.24. The molecule has 2 aliphatic carbocycles. The maximum Gasteiger partial charge on any atom is 0.335 e. The number of fused-ring (bicyclic) bond motifs is 1. The van der Waals surface area contributed by atoms with Gasteiger partial charge in [-0.3, -0.25) is 0 Å². The van der Waals surface area contributed by atoms with Gasteiger partial charge < -0.3 is 28.4 Å². The lowest BCUT2D eigenvalue weighted by molar-refractivity contribution is -0.0476. The van der Waals surface area contributed by atoms with Gasteiger partial charge >= 0.3 is 17.1 Å². The summed E-state index contributed by atoms with van der Waals surface area (Å²) in [7, 11) is -5.42. The van der Waals surface area contributed by atoms with Crippen LogP contribution in [0.1, 0.15) is 67.9 Å². The fourth-order valence-electron chi connectivity index (χ4n) is 6.94. The van der Waals surface area contributed by atoms with E-state index in [2.05, 4.69) is 70.3 Å². The van der Waals surface area contributed by atoms with E-state index >= 15 is 0 Å². The fraction of sp³-hybridized carbons (Fsp3) is 0.792. The normalized spacial score (nSPS) is 33.9. The molecule has 2 saturated carbocycles. The number of aliphatic hydroxyl groups is 1. The maximum atomic E-state index is 11.8. The van der Waals surface area contributed by atoms with Crippen molar-refractivity contribution in [1.29, 1.82) is 0 Å². The smallest absolute Gasteiger partial charge is 0.335 e. The zero-order valence-electron chi connectivity index (χ0n) is 22.2. The number of nitrogens with two attached hydrogens (primary N) is 1. The summed E-state index contributed by atoms with van der Waals surface area (Å²) >= 11 is 0. The molecule has 5 atom stereocenters. The van der Waals surface area contributed by atoms with Crippen LogP contribution in [0.15, 0.2) is 12.7 Å². The van der Waals surface area contributed by atoms with Crippen LogP contribution in [0.2, 0.25) is 22.2 Å². The lowest BCUT2D eigenvalue weighted by Gasteiger charge is -2.52. The number of aromatic nitrogens is 4. The molecule has 0 aromatic carbocycles. The van der Waals surface area contributed by atoms with Crippen molar-refractivity contribution in [3.8, 4) is 0 Å². The zero-order chi connectivity index (χ0) is 25.5. The Morgan fingerprint density at radius 2 is 1.63 bits per heavy atom. The first-order valence-electron chi connectivity index (χ1n) is 13.0. The fourth-order valence-corrected chi connectivity index (χ4v) is 18.3. The van der Waals surface area contributed by atoms with E-state index in [4.69, 9.17) is 18.7 Å². The minimum absolute atomic E-state index is 0.207. The minimum atomic E-state index is -2.80. The van der Waals surface area contributed by atoms with Crippen molar-refractivity contribution in [3.63, 3.8) is 0 Å². The van der Waals surface area contributed by atoms with E-state index in [9.17, 15) is 5.11 Å². The van der Waals surface area contributed by atoms with Gasteiger partial charge in [0.05, 0.1) is 18.5 Å². The number of rotatable bonds is 5. The predicted molar refractivity (Wildman–Crippen MR) is 139 cm³/mol. The Kier molecular flexibility index (Phi) is 6.01. The second kappa shape index (κ2) is 8.32. The number of hydrogen-bond acceptors (Lipinski definition) is 8. The van der Waals surface area contributed by atoms with Gasteiger partial charge in [0.25, 0.3) is 0 Å². The van der Waals surface area contributed by atoms with E-state index in [0.717, 1.165) is 6.42 Å². The molecule has 35 heavy (non-hydrogen) atoms. The average molecular weight is 520 g/mol. The molecule has 0 bridgehead atoms. The molecule has 3 heterocycles. The quantitative estimate of drug-likeness (QED) is 0.562. The minimum Gasteiger partial charge on any atom is -0.414 e. The van der Waals surface area contributed by atoms with E-state index in [1.165, 1.54) is 6.33 Å². The van der Waals surface area contributed by atoms with E-state index < -0.39 is 23.2 Å². The molecule has 1 saturated heterocycles. The number of nitrogen functional groups attached to an aromatic ring is 1. The first-order valence-corrected chi connectivity index (χ1v) is 17.0. The van der Waals surface area contributed by atoms with E-state index in [1.807, 2.05) is 4.57 Å². The van der Waals surface area contributed by atoms with Crippen molar-refractivity contribution in [3.05, 3.63) is 12.7 Å². The summed E-state index contributed by atoms with van der Waals surface area (Å²) in [5.41, 5.74) is 8.06. The summed E-state index contributed by atoms with van der Waals surface area (Å²) in [5, 5.41) is 11.8. The molecule has 3 aliphatic rings. The van der Waals surface area contributed by atoms with Gasteiger partial charge in [0, 0.05) is 12.0 Å². The van der Waals surface area contributed by atoms with Gasteiger partial charge in [-0.1, -0.05) is 55.4 Å². The first kappa shape index (κ1) is 25.3. The van der Waals surface area contributed by atoms with Gasteiger partial charge in [0.15, 0.2) is 11.5 Å². The molecule has 194 valence electrons. The van der Waals surface area contributed by atoms with Crippen molar-refractivity contribution in [2.45, 2.75) is 102 Å². The van der Waals surface area contributed by atoms with Crippen LogP contribution in [0.25, 0.3) is 11.2 Å². The van der Waals surface area contributed by atoms with Crippen LogP contribution in [0, 0.1) is 11.3 Å². The van der Waals surface area contributed by atoms with E-state index in [1.54, 1.807) is 6.33 Å². The molecular formula is C24H41N5O4Si2. The zero-order valence-corrected chi connectivity index (χ0v) is 24.2. The molecule has 0 radical (unpaired) electrons. The molecule has 5 rings (SSSR count). The largest absolute Gasteiger partial charge is 0.414 e. The number of aliphatic hydroxyl groups excluding tert-OH is 1. The highest BCUT2D eigenvalue weighted by atomic mass is 28.5. The molecule has 3 fully saturated rings. The molecule has 11 heteroatoms. The Labute approximate surface area is 210 Å². The molecule has 2 unspecified atom stereocenters. The van der Waals surface area contributed by atoms with Crippen LogP contribution >= 0.6 is 0 Å². The highest BCUT2D eigenvalue weighted by Gasteiger charge is 2.75. The third-order valence-electron chi connectivity index (χ3n) is 8.94. The molecule has 1 spiro atoms. The van der Waals surface area contributed by atoms with Gasteiger partial charge in [-0.15, -0.1) is 0 Å². The van der Waals surface area contributed by atoms with Gasteiger partial charge in [0.1, 0.15) is 17.9 Å². The van der Waals surface area contributed by atoms with Crippen LogP contribution in [0.3, 0.4) is 0 Å². The molecule has 0 amide bonds. The lowest BCUT2D eigenvalue weighted by Crippen LogP contribution is -2.65. The van der Waals surface area contributed by atoms with Crippen LogP contribution in [-0.4, -0.2) is 60.6 Å². The highest BCUT2D eigenvalue weighted by Crippen LogP contribution is 2.70. The SMILES string of the molecule is CC(C)[Si]1(C(C)C)OC[C@@]23CC2[C@@H](n2cnc4c(N)ncnc42)[C@@H](O)C3O[Si](C(C)C)(C(C)C)O1. The molecule has 2 aromatic heterocycles. The van der Waals surface area contributed by atoms with Gasteiger partial charge in [0.2, 0.25) is 0 Å². The first-order chi connectivity index (χ1) is 16.4. The summed E-state index contributed by atoms with van der Waals surface area (Å²) in [6, 6.07) is -0.207. The van der Waals surface area contributed by atoms with Crippen molar-refractivity contribution < 1.29 is 18.1 Å². The Morgan fingerprint density at radius 3 is 2.23 bits per heavy atom. The van der Waals surface area contributed by atoms with Crippen LogP contribution in [0.5, 0.6) is 0 Å². The highest BCUT2D eigenvalue weighted by molar-refractivity contribution is 6.84. The third-order valence-corrected chi connectivity index (χ3v) is 19.1. The lowest BCUT2D eigenvalue weighted by atomic mass is 10.0. The Balaban J connectivity index is 1.61. The predicted octanol–water partition coefficient (Wildman–Crippen LogP) is 4.29. The third kappa shape index (κ3) is 3.42. The van der Waals surface area contributed by atoms with Crippen molar-refractivity contribution >= 4 is 34.1 Å². The van der Waals surface area contributed by atoms with Crippen molar-refractivity contribution in [2.24, 2.45) is 11.3 Å². The number of nitrogens with zero attached hydrogens (tertiary/aromatic N) is 4. The molecular weight excluding hydrogens is 478 g/mol. The number of hydrogen-bond donors (Lipinski definition) is 2. The summed E-state index contributed by atoms with van der Waals surface area (Å²) in [6.07, 6.45) is 3.07. The van der Waals surface area contributed by atoms with Crippen LogP contribution < -0.4 is 5.73 Å². The standard InChI is InChI=1S/C24H41N5O4Si2/c1-13(2)34(14(3)4)31-10-24-9-17(24)19(29-12-28-18-22(25)26-11-27-23(18)29)20(30)21(24)32-35(33-34,15(5)6)16(7)8/h11-17,19-21,30H,9-10H2,1-8H3,(H2,25,26,27)/t17?,19-,20-,21?,24+/m1/s1. The molecule has 9 nitrogen and oxygen atoms in total. The monoisotopic (exact) mass is 519 g/mol. The van der Waals surface area contributed by atoms with E-state index in [0.29, 0.717) is 34.7 Å². The van der Waals surface area contributed by atoms with E-state index in [-0.39, 0.29) is 34.6 Å². The summed E-state index contributed by atoms with van der Waals surface area (Å²) in [5.74, 6) is 0.563. The van der Waals surface area contributed by atoms with Crippen LogP contribution in [-0.2, 0) is 13.0 Å². The maximum absolute atomic E-state index is 11.8. The second-order valence-electron chi connectivity index (χ2n) is 12.1.